The van der Waals surface area contributed by atoms with Crippen LogP contribution in [0.5, 0.6) is 0 Å². The molecule has 0 amide bonds. The van der Waals surface area contributed by atoms with Gasteiger partial charge >= 0.3 is 5.69 Å². The maximum atomic E-state index is 11.7. The zero-order valence-corrected chi connectivity index (χ0v) is 8.87. The molecule has 6 heteroatoms. The van der Waals surface area contributed by atoms with E-state index in [9.17, 15) is 14.4 Å². The number of hydrogen-bond donors (Lipinski definition) is 2. The van der Waals surface area contributed by atoms with Crippen LogP contribution in [-0.4, -0.2) is 20.7 Å². The quantitative estimate of drug-likeness (QED) is 0.673. The molecule has 1 aliphatic carbocycles. The van der Waals surface area contributed by atoms with Crippen LogP contribution in [0, 0.1) is 0 Å². The molecule has 0 bridgehead atoms. The number of fused-ring (bicyclic) bond motifs is 2. The molecule has 6 nitrogen and oxygen atoms in total. The van der Waals surface area contributed by atoms with Crippen molar-refractivity contribution in [2.75, 3.05) is 0 Å². The first-order valence-corrected chi connectivity index (χ1v) is 5.34. The number of rotatable bonds is 0. The molecule has 0 unspecified atom stereocenters. The van der Waals surface area contributed by atoms with E-state index in [2.05, 4.69) is 15.0 Å². The number of carbonyl (C=O) groups is 1. The van der Waals surface area contributed by atoms with Crippen molar-refractivity contribution < 1.29 is 4.79 Å². The van der Waals surface area contributed by atoms with E-state index in [1.807, 2.05) is 0 Å². The lowest BCUT2D eigenvalue weighted by Crippen LogP contribution is -2.24. The second-order valence-corrected chi connectivity index (χ2v) is 4.06. The summed E-state index contributed by atoms with van der Waals surface area (Å²) in [6, 6.07) is 1.52. The fourth-order valence-corrected chi connectivity index (χ4v) is 2.11. The Kier molecular flexibility index (Phi) is 1.98. The molecule has 2 heterocycles. The van der Waals surface area contributed by atoms with Gasteiger partial charge in [0, 0.05) is 12.0 Å². The largest absolute Gasteiger partial charge is 0.327 e. The highest BCUT2D eigenvalue weighted by Crippen LogP contribution is 2.21. The molecule has 0 saturated carbocycles. The molecule has 86 valence electrons. The SMILES string of the molecule is O=C1CCCc2nc3[nH]c(=O)[nH]c(=O)c3cc21. The van der Waals surface area contributed by atoms with Crippen molar-refractivity contribution in [3.8, 4) is 0 Å². The molecule has 2 N–H and O–H groups in total. The Balaban J connectivity index is 2.43. The zero-order valence-electron chi connectivity index (χ0n) is 8.87. The molecule has 0 aromatic carbocycles. The lowest BCUT2D eigenvalue weighted by molar-refractivity contribution is 0.0972. The number of H-pyrrole nitrogens is 2. The van der Waals surface area contributed by atoms with Crippen LogP contribution in [0.2, 0.25) is 0 Å². The van der Waals surface area contributed by atoms with Crippen molar-refractivity contribution in [3.63, 3.8) is 0 Å². The van der Waals surface area contributed by atoms with Crippen molar-refractivity contribution in [1.29, 1.82) is 0 Å². The molecule has 17 heavy (non-hydrogen) atoms. The number of nitrogens with zero attached hydrogens (tertiary/aromatic N) is 1. The van der Waals surface area contributed by atoms with Gasteiger partial charge in [0.15, 0.2) is 5.78 Å². The first kappa shape index (κ1) is 9.95. The lowest BCUT2D eigenvalue weighted by Gasteiger charge is -2.13. The minimum atomic E-state index is -0.586. The molecular weight excluding hydrogens is 222 g/mol. The van der Waals surface area contributed by atoms with Crippen molar-refractivity contribution >= 4 is 16.8 Å². The predicted molar refractivity (Wildman–Crippen MR) is 60.3 cm³/mol. The summed E-state index contributed by atoms with van der Waals surface area (Å²) in [4.78, 5) is 43.1. The van der Waals surface area contributed by atoms with Crippen LogP contribution in [0.25, 0.3) is 11.0 Å². The Morgan fingerprint density at radius 3 is 2.76 bits per heavy atom. The third kappa shape index (κ3) is 1.49. The second kappa shape index (κ2) is 3.38. The van der Waals surface area contributed by atoms with Gasteiger partial charge in [-0.1, -0.05) is 0 Å². The Bertz CT molecular complexity index is 742. The summed E-state index contributed by atoms with van der Waals surface area (Å²) in [5.41, 5.74) is 0.304. The van der Waals surface area contributed by atoms with Gasteiger partial charge in [-0.2, -0.15) is 0 Å². The number of carbonyl (C=O) groups excluding carboxylic acids is 1. The number of hydrogen-bond acceptors (Lipinski definition) is 4. The highest BCUT2D eigenvalue weighted by atomic mass is 16.2. The summed E-state index contributed by atoms with van der Waals surface area (Å²) in [5.74, 6) is 0.00579. The number of ketones is 1. The summed E-state index contributed by atoms with van der Waals surface area (Å²) in [7, 11) is 0. The van der Waals surface area contributed by atoms with Crippen molar-refractivity contribution in [3.05, 3.63) is 38.2 Å². The molecular formula is C11H9N3O3. The molecule has 0 aliphatic heterocycles. The molecule has 3 rings (SSSR count). The van der Waals surface area contributed by atoms with E-state index in [-0.39, 0.29) is 16.8 Å². The Labute approximate surface area is 94.7 Å². The van der Waals surface area contributed by atoms with Gasteiger partial charge in [0.05, 0.1) is 11.1 Å². The molecule has 2 aromatic rings. The zero-order chi connectivity index (χ0) is 12.0. The van der Waals surface area contributed by atoms with Crippen LogP contribution in [0.1, 0.15) is 28.9 Å². The van der Waals surface area contributed by atoms with E-state index in [0.29, 0.717) is 24.1 Å². The van der Waals surface area contributed by atoms with Crippen LogP contribution in [-0.2, 0) is 6.42 Å². The smallest absolute Gasteiger partial charge is 0.294 e. The number of Topliss-reactive ketones (excluding diaryl/α,β-unsaturated/α-hetero) is 1. The molecule has 0 fully saturated rings. The van der Waals surface area contributed by atoms with Crippen LogP contribution >= 0.6 is 0 Å². The van der Waals surface area contributed by atoms with E-state index in [4.69, 9.17) is 0 Å². The number of pyridine rings is 1. The van der Waals surface area contributed by atoms with Crippen LogP contribution in [0.3, 0.4) is 0 Å². The van der Waals surface area contributed by atoms with E-state index >= 15 is 0 Å². The van der Waals surface area contributed by atoms with Gasteiger partial charge < -0.3 is 0 Å². The van der Waals surface area contributed by atoms with E-state index < -0.39 is 11.2 Å². The second-order valence-electron chi connectivity index (χ2n) is 4.06. The summed E-state index contributed by atoms with van der Waals surface area (Å²) in [5, 5.41) is 0.249. The molecule has 0 atom stereocenters. The van der Waals surface area contributed by atoms with Gasteiger partial charge in [0.2, 0.25) is 0 Å². The monoisotopic (exact) mass is 231 g/mol. The number of nitrogens with one attached hydrogen (secondary N) is 2. The third-order valence-electron chi connectivity index (χ3n) is 2.92. The maximum Gasteiger partial charge on any atom is 0.327 e. The highest BCUT2D eigenvalue weighted by Gasteiger charge is 2.20. The fourth-order valence-electron chi connectivity index (χ4n) is 2.11. The van der Waals surface area contributed by atoms with E-state index in [1.165, 1.54) is 6.07 Å². The van der Waals surface area contributed by atoms with Crippen molar-refractivity contribution in [2.45, 2.75) is 19.3 Å². The lowest BCUT2D eigenvalue weighted by atomic mass is 9.94. The van der Waals surface area contributed by atoms with Gasteiger partial charge in [0.1, 0.15) is 5.65 Å². The minimum Gasteiger partial charge on any atom is -0.294 e. The minimum absolute atomic E-state index is 0.00579. The average Bonchev–Trinajstić information content (AvgIpc) is 2.27. The Morgan fingerprint density at radius 1 is 1.12 bits per heavy atom. The fraction of sp³-hybridized carbons (Fsp3) is 0.273. The van der Waals surface area contributed by atoms with E-state index in [0.717, 1.165) is 6.42 Å². The van der Waals surface area contributed by atoms with Crippen molar-refractivity contribution in [1.82, 2.24) is 15.0 Å². The Hall–Kier alpha value is -2.24. The van der Waals surface area contributed by atoms with Gasteiger partial charge in [-0.15, -0.1) is 0 Å². The maximum absolute atomic E-state index is 11.7. The standard InChI is InChI=1S/C11H9N3O3/c15-8-3-1-2-7-5(8)4-6-9(12-7)13-11(17)14-10(6)16/h4H,1-3H2,(H2,12,13,14,16,17). The van der Waals surface area contributed by atoms with Crippen molar-refractivity contribution in [2.24, 2.45) is 0 Å². The van der Waals surface area contributed by atoms with Gasteiger partial charge in [0.25, 0.3) is 5.56 Å². The molecule has 0 spiro atoms. The number of aryl methyl sites for hydroxylation is 1. The Morgan fingerprint density at radius 2 is 1.94 bits per heavy atom. The molecule has 1 aliphatic rings. The van der Waals surface area contributed by atoms with Crippen LogP contribution < -0.4 is 11.2 Å². The van der Waals surface area contributed by atoms with Crippen LogP contribution in [0.4, 0.5) is 0 Å². The molecule has 0 radical (unpaired) electrons. The highest BCUT2D eigenvalue weighted by molar-refractivity contribution is 6.00. The summed E-state index contributed by atoms with van der Waals surface area (Å²) in [6.07, 6.45) is 1.95. The molecule has 0 saturated heterocycles. The number of aromatic amines is 2. The van der Waals surface area contributed by atoms with Gasteiger partial charge in [-0.3, -0.25) is 19.6 Å². The van der Waals surface area contributed by atoms with Crippen LogP contribution in [0.15, 0.2) is 15.7 Å². The topological polar surface area (TPSA) is 95.7 Å². The predicted octanol–water partition coefficient (Wildman–Crippen LogP) is 0.130. The normalized spacial score (nSPS) is 14.9. The summed E-state index contributed by atoms with van der Waals surface area (Å²) >= 11 is 0. The van der Waals surface area contributed by atoms with E-state index in [1.54, 1.807) is 0 Å². The first-order valence-electron chi connectivity index (χ1n) is 5.34. The molecule has 2 aromatic heterocycles. The average molecular weight is 231 g/mol. The number of aromatic nitrogens is 3. The third-order valence-corrected chi connectivity index (χ3v) is 2.92. The van der Waals surface area contributed by atoms with Gasteiger partial charge in [-0.05, 0) is 18.9 Å². The summed E-state index contributed by atoms with van der Waals surface area (Å²) < 4.78 is 0. The van der Waals surface area contributed by atoms with Gasteiger partial charge in [-0.25, -0.2) is 9.78 Å². The first-order chi connectivity index (χ1) is 8.15. The summed E-state index contributed by atoms with van der Waals surface area (Å²) in [6.45, 7) is 0.